The van der Waals surface area contributed by atoms with Crippen LogP contribution in [0.1, 0.15) is 36.8 Å². The zero-order chi connectivity index (χ0) is 11.0. The number of ether oxygens (including phenoxy) is 1. The van der Waals surface area contributed by atoms with Gasteiger partial charge in [0, 0.05) is 6.42 Å². The van der Waals surface area contributed by atoms with E-state index in [0.29, 0.717) is 0 Å². The standard InChI is InChI=1S/C14H18O2/c15-12-5-7-14(9-12)16-13-6-4-10-2-1-3-11(10)8-13/h4,6,8,12,14-15H,1-3,5,7,9H2. The third-order valence-corrected chi connectivity index (χ3v) is 3.73. The zero-order valence-electron chi connectivity index (χ0n) is 9.48. The van der Waals surface area contributed by atoms with E-state index in [1.54, 1.807) is 0 Å². The van der Waals surface area contributed by atoms with E-state index >= 15 is 0 Å². The van der Waals surface area contributed by atoms with E-state index in [2.05, 4.69) is 18.2 Å². The monoisotopic (exact) mass is 218 g/mol. The van der Waals surface area contributed by atoms with Crippen LogP contribution >= 0.6 is 0 Å². The SMILES string of the molecule is OC1CCC(Oc2ccc3c(c2)CCC3)C1. The van der Waals surface area contributed by atoms with E-state index in [1.165, 1.54) is 30.4 Å². The topological polar surface area (TPSA) is 29.5 Å². The molecular weight excluding hydrogens is 200 g/mol. The first-order valence-corrected chi connectivity index (χ1v) is 6.28. The molecule has 3 rings (SSSR count). The van der Waals surface area contributed by atoms with Crippen molar-refractivity contribution in [2.24, 2.45) is 0 Å². The molecule has 0 heterocycles. The van der Waals surface area contributed by atoms with Crippen molar-refractivity contribution in [3.05, 3.63) is 29.3 Å². The first-order valence-electron chi connectivity index (χ1n) is 6.28. The molecule has 2 aliphatic rings. The highest BCUT2D eigenvalue weighted by Gasteiger charge is 2.24. The minimum Gasteiger partial charge on any atom is -0.490 e. The summed E-state index contributed by atoms with van der Waals surface area (Å²) in [5.74, 6) is 0.986. The Bertz CT molecular complexity index is 386. The maximum Gasteiger partial charge on any atom is 0.120 e. The fourth-order valence-corrected chi connectivity index (χ4v) is 2.84. The summed E-state index contributed by atoms with van der Waals surface area (Å²) in [5.41, 5.74) is 2.94. The van der Waals surface area contributed by atoms with Crippen LogP contribution in [-0.2, 0) is 12.8 Å². The number of hydrogen-bond acceptors (Lipinski definition) is 2. The first-order chi connectivity index (χ1) is 7.81. The van der Waals surface area contributed by atoms with E-state index in [0.717, 1.165) is 25.0 Å². The Kier molecular flexibility index (Phi) is 2.60. The summed E-state index contributed by atoms with van der Waals surface area (Å²) in [6.07, 6.45) is 6.41. The molecule has 1 saturated carbocycles. The van der Waals surface area contributed by atoms with Crippen LogP contribution in [0, 0.1) is 0 Å². The van der Waals surface area contributed by atoms with Gasteiger partial charge in [-0.3, -0.25) is 0 Å². The highest BCUT2D eigenvalue weighted by Crippen LogP contribution is 2.29. The molecule has 2 heteroatoms. The molecule has 2 nitrogen and oxygen atoms in total. The van der Waals surface area contributed by atoms with Gasteiger partial charge in [0.2, 0.25) is 0 Å². The summed E-state index contributed by atoms with van der Waals surface area (Å²) in [6, 6.07) is 6.46. The molecule has 86 valence electrons. The van der Waals surface area contributed by atoms with Crippen LogP contribution in [0.5, 0.6) is 5.75 Å². The van der Waals surface area contributed by atoms with Crippen LogP contribution < -0.4 is 4.74 Å². The molecule has 0 spiro atoms. The molecule has 0 radical (unpaired) electrons. The van der Waals surface area contributed by atoms with Crippen molar-refractivity contribution >= 4 is 0 Å². The van der Waals surface area contributed by atoms with Gasteiger partial charge in [-0.15, -0.1) is 0 Å². The van der Waals surface area contributed by atoms with Crippen molar-refractivity contribution < 1.29 is 9.84 Å². The molecule has 1 fully saturated rings. The summed E-state index contributed by atoms with van der Waals surface area (Å²) in [5, 5.41) is 9.45. The highest BCUT2D eigenvalue weighted by molar-refractivity contribution is 5.38. The number of benzene rings is 1. The molecule has 16 heavy (non-hydrogen) atoms. The van der Waals surface area contributed by atoms with Crippen molar-refractivity contribution in [2.75, 3.05) is 0 Å². The van der Waals surface area contributed by atoms with E-state index < -0.39 is 0 Å². The average Bonchev–Trinajstić information content (AvgIpc) is 2.87. The smallest absolute Gasteiger partial charge is 0.120 e. The number of rotatable bonds is 2. The van der Waals surface area contributed by atoms with Gasteiger partial charge >= 0.3 is 0 Å². The van der Waals surface area contributed by atoms with E-state index in [-0.39, 0.29) is 12.2 Å². The Balaban J connectivity index is 1.71. The summed E-state index contributed by atoms with van der Waals surface area (Å²) < 4.78 is 5.91. The number of hydrogen-bond donors (Lipinski definition) is 1. The first kappa shape index (κ1) is 10.2. The van der Waals surface area contributed by atoms with Crippen molar-refractivity contribution in [3.63, 3.8) is 0 Å². The second-order valence-electron chi connectivity index (χ2n) is 4.99. The molecule has 2 aliphatic carbocycles. The van der Waals surface area contributed by atoms with Gasteiger partial charge in [-0.2, -0.15) is 0 Å². The predicted octanol–water partition coefficient (Wildman–Crippen LogP) is 2.47. The second kappa shape index (κ2) is 4.10. The quantitative estimate of drug-likeness (QED) is 0.826. The summed E-state index contributed by atoms with van der Waals surface area (Å²) >= 11 is 0. The van der Waals surface area contributed by atoms with Gasteiger partial charge in [0.25, 0.3) is 0 Å². The number of aliphatic hydroxyl groups is 1. The third-order valence-electron chi connectivity index (χ3n) is 3.73. The van der Waals surface area contributed by atoms with E-state index in [9.17, 15) is 5.11 Å². The van der Waals surface area contributed by atoms with Gasteiger partial charge in [-0.05, 0) is 55.4 Å². The van der Waals surface area contributed by atoms with Gasteiger partial charge in [0.15, 0.2) is 0 Å². The number of fused-ring (bicyclic) bond motifs is 1. The molecule has 0 amide bonds. The number of aryl methyl sites for hydroxylation is 2. The Labute approximate surface area is 96.2 Å². The number of aliphatic hydroxyl groups excluding tert-OH is 1. The van der Waals surface area contributed by atoms with Crippen molar-refractivity contribution in [3.8, 4) is 5.75 Å². The molecule has 2 unspecified atom stereocenters. The largest absolute Gasteiger partial charge is 0.490 e. The van der Waals surface area contributed by atoms with Crippen molar-refractivity contribution in [1.29, 1.82) is 0 Å². The van der Waals surface area contributed by atoms with Crippen molar-refractivity contribution in [1.82, 2.24) is 0 Å². The molecule has 0 aromatic heterocycles. The Morgan fingerprint density at radius 2 is 2.00 bits per heavy atom. The zero-order valence-corrected chi connectivity index (χ0v) is 9.48. The summed E-state index contributed by atoms with van der Waals surface area (Å²) in [4.78, 5) is 0. The Morgan fingerprint density at radius 3 is 2.81 bits per heavy atom. The minimum atomic E-state index is -0.153. The van der Waals surface area contributed by atoms with E-state index in [4.69, 9.17) is 4.74 Å². The van der Waals surface area contributed by atoms with Gasteiger partial charge in [0.1, 0.15) is 11.9 Å². The van der Waals surface area contributed by atoms with Gasteiger partial charge in [-0.25, -0.2) is 0 Å². The van der Waals surface area contributed by atoms with Crippen LogP contribution in [0.3, 0.4) is 0 Å². The fourth-order valence-electron chi connectivity index (χ4n) is 2.84. The lowest BCUT2D eigenvalue weighted by atomic mass is 10.1. The summed E-state index contributed by atoms with van der Waals surface area (Å²) in [6.45, 7) is 0. The predicted molar refractivity (Wildman–Crippen MR) is 62.7 cm³/mol. The third kappa shape index (κ3) is 1.94. The minimum absolute atomic E-state index is 0.153. The van der Waals surface area contributed by atoms with Crippen LogP contribution in [-0.4, -0.2) is 17.3 Å². The summed E-state index contributed by atoms with van der Waals surface area (Å²) in [7, 11) is 0. The van der Waals surface area contributed by atoms with Crippen LogP contribution in [0.25, 0.3) is 0 Å². The Hall–Kier alpha value is -1.02. The molecular formula is C14H18O2. The lowest BCUT2D eigenvalue weighted by molar-refractivity contribution is 0.149. The molecule has 1 N–H and O–H groups in total. The molecule has 2 atom stereocenters. The van der Waals surface area contributed by atoms with Crippen LogP contribution in [0.15, 0.2) is 18.2 Å². The lowest BCUT2D eigenvalue weighted by Crippen LogP contribution is -2.13. The van der Waals surface area contributed by atoms with Crippen LogP contribution in [0.4, 0.5) is 0 Å². The molecule has 0 saturated heterocycles. The highest BCUT2D eigenvalue weighted by atomic mass is 16.5. The van der Waals surface area contributed by atoms with Crippen molar-refractivity contribution in [2.45, 2.75) is 50.7 Å². The molecule has 1 aromatic rings. The fraction of sp³-hybridized carbons (Fsp3) is 0.571. The molecule has 0 aliphatic heterocycles. The maximum atomic E-state index is 9.45. The normalized spacial score (nSPS) is 28.1. The maximum absolute atomic E-state index is 9.45. The second-order valence-corrected chi connectivity index (χ2v) is 4.99. The van der Waals surface area contributed by atoms with Crippen LogP contribution in [0.2, 0.25) is 0 Å². The molecule has 0 bridgehead atoms. The molecule has 1 aromatic carbocycles. The van der Waals surface area contributed by atoms with Gasteiger partial charge < -0.3 is 9.84 Å². The average molecular weight is 218 g/mol. The van der Waals surface area contributed by atoms with E-state index in [1.807, 2.05) is 0 Å². The lowest BCUT2D eigenvalue weighted by Gasteiger charge is -2.14. The van der Waals surface area contributed by atoms with Gasteiger partial charge in [0.05, 0.1) is 6.10 Å². The Morgan fingerprint density at radius 1 is 1.12 bits per heavy atom. The van der Waals surface area contributed by atoms with Gasteiger partial charge in [-0.1, -0.05) is 6.07 Å².